The summed E-state index contributed by atoms with van der Waals surface area (Å²) in [5.41, 5.74) is 0.625. The first-order valence-corrected chi connectivity index (χ1v) is 11.9. The average molecular weight is 541 g/mol. The number of aliphatic carboxylic acids is 1. The number of carboxylic acid groups (broad SMARTS) is 1. The van der Waals surface area contributed by atoms with Gasteiger partial charge in [0.2, 0.25) is 11.8 Å². The fourth-order valence-corrected chi connectivity index (χ4v) is 4.07. The summed E-state index contributed by atoms with van der Waals surface area (Å²) in [6.45, 7) is -1.49. The summed E-state index contributed by atoms with van der Waals surface area (Å²) in [7, 11) is 1.48. The number of aliphatic hydroxyl groups is 1. The lowest BCUT2D eigenvalue weighted by molar-refractivity contribution is -0.139. The van der Waals surface area contributed by atoms with Gasteiger partial charge in [-0.05, 0) is 42.8 Å². The average Bonchev–Trinajstić information content (AvgIpc) is 2.93. The van der Waals surface area contributed by atoms with E-state index < -0.39 is 61.3 Å². The SMILES string of the molecule is COc1ccc(C(=O)N[C@H]2CCN(C(=O)CO)c3ccccc3N(CC(=O)N[C@H](C=O)CC(=O)O)C2=O)cc1. The highest BCUT2D eigenvalue weighted by Gasteiger charge is 2.35. The number of carbonyl (C=O) groups is 6. The van der Waals surface area contributed by atoms with Gasteiger partial charge in [-0.3, -0.25) is 28.9 Å². The van der Waals surface area contributed by atoms with Gasteiger partial charge in [-0.1, -0.05) is 12.1 Å². The molecule has 1 aliphatic rings. The van der Waals surface area contributed by atoms with Gasteiger partial charge in [-0.25, -0.2) is 0 Å². The Kier molecular flexibility index (Phi) is 9.70. The lowest BCUT2D eigenvalue weighted by atomic mass is 10.1. The molecule has 13 heteroatoms. The van der Waals surface area contributed by atoms with E-state index in [9.17, 15) is 33.9 Å². The van der Waals surface area contributed by atoms with Crippen molar-refractivity contribution in [2.24, 2.45) is 0 Å². The van der Waals surface area contributed by atoms with Crippen LogP contribution in [0.2, 0.25) is 0 Å². The normalized spacial score (nSPS) is 15.7. The minimum absolute atomic E-state index is 0.0262. The molecule has 0 aliphatic carbocycles. The smallest absolute Gasteiger partial charge is 0.305 e. The van der Waals surface area contributed by atoms with E-state index in [0.29, 0.717) is 5.75 Å². The maximum atomic E-state index is 13.7. The summed E-state index contributed by atoms with van der Waals surface area (Å²) in [6.07, 6.45) is -0.428. The number of nitrogens with zero attached hydrogens (tertiary/aromatic N) is 2. The zero-order chi connectivity index (χ0) is 28.5. The molecule has 0 unspecified atom stereocenters. The van der Waals surface area contributed by atoms with Crippen LogP contribution in [-0.2, 0) is 24.0 Å². The Morgan fingerprint density at radius 2 is 1.77 bits per heavy atom. The fourth-order valence-electron chi connectivity index (χ4n) is 4.07. The number of nitrogens with one attached hydrogen (secondary N) is 2. The molecular formula is C26H28N4O9. The van der Waals surface area contributed by atoms with Crippen LogP contribution in [0.1, 0.15) is 23.2 Å². The number of benzene rings is 2. The summed E-state index contributed by atoms with van der Waals surface area (Å²) in [5.74, 6) is -3.54. The van der Waals surface area contributed by atoms with Crippen molar-refractivity contribution in [3.63, 3.8) is 0 Å². The molecule has 1 aliphatic heterocycles. The number of amides is 4. The van der Waals surface area contributed by atoms with Crippen LogP contribution in [0, 0.1) is 0 Å². The summed E-state index contributed by atoms with van der Waals surface area (Å²) < 4.78 is 5.09. The number of ether oxygens (including phenoxy) is 1. The summed E-state index contributed by atoms with van der Waals surface area (Å²) in [6, 6.07) is 9.86. The van der Waals surface area contributed by atoms with Gasteiger partial charge in [-0.15, -0.1) is 0 Å². The molecule has 1 heterocycles. The van der Waals surface area contributed by atoms with E-state index in [4.69, 9.17) is 9.84 Å². The maximum absolute atomic E-state index is 13.7. The molecule has 4 amide bonds. The number of anilines is 2. The maximum Gasteiger partial charge on any atom is 0.305 e. The first-order valence-electron chi connectivity index (χ1n) is 11.9. The fraction of sp³-hybridized carbons (Fsp3) is 0.308. The molecule has 2 aromatic rings. The molecule has 206 valence electrons. The molecule has 4 N–H and O–H groups in total. The van der Waals surface area contributed by atoms with Crippen LogP contribution in [0.4, 0.5) is 11.4 Å². The van der Waals surface area contributed by atoms with Gasteiger partial charge in [0.1, 0.15) is 31.2 Å². The molecule has 0 saturated carbocycles. The Balaban J connectivity index is 1.96. The van der Waals surface area contributed by atoms with Crippen LogP contribution < -0.4 is 25.2 Å². The lowest BCUT2D eigenvalue weighted by Gasteiger charge is -2.35. The highest BCUT2D eigenvalue weighted by Crippen LogP contribution is 2.32. The highest BCUT2D eigenvalue weighted by molar-refractivity contribution is 6.09. The first kappa shape index (κ1) is 28.8. The Morgan fingerprint density at radius 3 is 2.36 bits per heavy atom. The number of rotatable bonds is 10. The van der Waals surface area contributed by atoms with Crippen molar-refractivity contribution < 1.29 is 43.7 Å². The largest absolute Gasteiger partial charge is 0.497 e. The molecule has 0 saturated heterocycles. The molecule has 13 nitrogen and oxygen atoms in total. The zero-order valence-electron chi connectivity index (χ0n) is 21.0. The second-order valence-corrected chi connectivity index (χ2v) is 8.57. The third-order valence-corrected chi connectivity index (χ3v) is 5.97. The molecule has 0 fully saturated rings. The molecule has 2 atom stereocenters. The third kappa shape index (κ3) is 7.17. The number of fused-ring (bicyclic) bond motifs is 1. The zero-order valence-corrected chi connectivity index (χ0v) is 21.0. The van der Waals surface area contributed by atoms with Gasteiger partial charge in [0, 0.05) is 12.1 Å². The van der Waals surface area contributed by atoms with E-state index in [1.165, 1.54) is 36.3 Å². The highest BCUT2D eigenvalue weighted by atomic mass is 16.5. The molecule has 3 rings (SSSR count). The Bertz CT molecular complexity index is 1250. The Morgan fingerprint density at radius 1 is 1.10 bits per heavy atom. The Hall–Kier alpha value is -4.78. The predicted molar refractivity (Wildman–Crippen MR) is 137 cm³/mol. The molecule has 39 heavy (non-hydrogen) atoms. The van der Waals surface area contributed by atoms with E-state index in [2.05, 4.69) is 10.6 Å². The predicted octanol–water partition coefficient (Wildman–Crippen LogP) is -0.286. The van der Waals surface area contributed by atoms with Crippen molar-refractivity contribution >= 4 is 47.3 Å². The van der Waals surface area contributed by atoms with Gasteiger partial charge in [0.15, 0.2) is 0 Å². The third-order valence-electron chi connectivity index (χ3n) is 5.97. The standard InChI is InChI=1S/C26H28N4O9/c1-39-18-8-6-16(7-9-18)25(37)28-19-10-11-29(23(34)15-32)20-4-2-3-5-21(20)30(26(19)38)13-22(33)27-17(14-31)12-24(35)36/h2-9,14,17,19,32H,10-13,15H2,1H3,(H,27,33)(H,28,37)(H,35,36)/t17-,19-/m0/s1. The number of para-hydroxylation sites is 2. The molecule has 2 aromatic carbocycles. The number of methoxy groups -OCH3 is 1. The van der Waals surface area contributed by atoms with Crippen LogP contribution in [0.25, 0.3) is 0 Å². The van der Waals surface area contributed by atoms with Gasteiger partial charge < -0.3 is 35.3 Å². The van der Waals surface area contributed by atoms with Gasteiger partial charge in [-0.2, -0.15) is 0 Å². The number of carboxylic acids is 1. The van der Waals surface area contributed by atoms with Crippen molar-refractivity contribution in [3.05, 3.63) is 54.1 Å². The molecular weight excluding hydrogens is 512 g/mol. The minimum atomic E-state index is -1.33. The van der Waals surface area contributed by atoms with E-state index >= 15 is 0 Å². The van der Waals surface area contributed by atoms with Gasteiger partial charge >= 0.3 is 5.97 Å². The van der Waals surface area contributed by atoms with Crippen LogP contribution in [0.3, 0.4) is 0 Å². The number of hydrogen-bond acceptors (Lipinski definition) is 8. The lowest BCUT2D eigenvalue weighted by Crippen LogP contribution is -2.55. The van der Waals surface area contributed by atoms with Crippen LogP contribution in [-0.4, -0.2) is 85.0 Å². The van der Waals surface area contributed by atoms with Crippen molar-refractivity contribution in [3.8, 4) is 5.75 Å². The molecule has 0 bridgehead atoms. The van der Waals surface area contributed by atoms with Crippen molar-refractivity contribution in [1.29, 1.82) is 0 Å². The van der Waals surface area contributed by atoms with E-state index in [-0.39, 0.29) is 36.2 Å². The molecule has 0 radical (unpaired) electrons. The quantitative estimate of drug-likeness (QED) is 0.294. The molecule has 0 spiro atoms. The summed E-state index contributed by atoms with van der Waals surface area (Å²) in [4.78, 5) is 76.7. The van der Waals surface area contributed by atoms with E-state index in [0.717, 1.165) is 4.90 Å². The van der Waals surface area contributed by atoms with Crippen LogP contribution >= 0.6 is 0 Å². The second-order valence-electron chi connectivity index (χ2n) is 8.57. The minimum Gasteiger partial charge on any atom is -0.497 e. The second kappa shape index (κ2) is 13.1. The van der Waals surface area contributed by atoms with Crippen LogP contribution in [0.5, 0.6) is 5.75 Å². The Labute approximate surface area is 223 Å². The van der Waals surface area contributed by atoms with Crippen molar-refractivity contribution in [2.45, 2.75) is 24.9 Å². The van der Waals surface area contributed by atoms with Crippen molar-refractivity contribution in [1.82, 2.24) is 10.6 Å². The van der Waals surface area contributed by atoms with E-state index in [1.807, 2.05) is 0 Å². The first-order chi connectivity index (χ1) is 18.7. The van der Waals surface area contributed by atoms with Crippen molar-refractivity contribution in [2.75, 3.05) is 36.6 Å². The van der Waals surface area contributed by atoms with E-state index in [1.54, 1.807) is 24.3 Å². The summed E-state index contributed by atoms with van der Waals surface area (Å²) in [5, 5.41) is 23.4. The van der Waals surface area contributed by atoms with Crippen LogP contribution in [0.15, 0.2) is 48.5 Å². The summed E-state index contributed by atoms with van der Waals surface area (Å²) >= 11 is 0. The topological polar surface area (TPSA) is 183 Å². The number of carbonyl (C=O) groups excluding carboxylic acids is 5. The van der Waals surface area contributed by atoms with Gasteiger partial charge in [0.05, 0.1) is 30.9 Å². The monoisotopic (exact) mass is 540 g/mol. The number of aliphatic hydroxyl groups excluding tert-OH is 1. The number of aldehydes is 1. The molecule has 0 aromatic heterocycles. The van der Waals surface area contributed by atoms with Gasteiger partial charge in [0.25, 0.3) is 11.8 Å². The number of hydrogen-bond donors (Lipinski definition) is 4.